The number of hydrogen-bond donors (Lipinski definition) is 2. The molecule has 0 unspecified atom stereocenters. The van der Waals surface area contributed by atoms with Crippen LogP contribution in [0.3, 0.4) is 0 Å². The van der Waals surface area contributed by atoms with Crippen LogP contribution in [0.15, 0.2) is 12.4 Å². The fraction of sp³-hybridized carbons (Fsp3) is 0.444. The molecule has 0 aliphatic heterocycles. The smallest absolute Gasteiger partial charge is 0.145 e. The summed E-state index contributed by atoms with van der Waals surface area (Å²) in [5.74, 6) is 1.27. The minimum absolute atomic E-state index is 0.269. The molecular weight excluding hydrogens is 196 g/mol. The van der Waals surface area contributed by atoms with Gasteiger partial charge in [0, 0.05) is 6.54 Å². The number of hydrogen-bond acceptors (Lipinski definition) is 4. The van der Waals surface area contributed by atoms with Crippen molar-refractivity contribution in [3.05, 3.63) is 18.1 Å². The zero-order valence-corrected chi connectivity index (χ0v) is 9.14. The maximum Gasteiger partial charge on any atom is 0.145 e. The number of thiocarbonyl (C=S) groups is 1. The Balaban J connectivity index is 2.69. The van der Waals surface area contributed by atoms with E-state index in [1.165, 1.54) is 0 Å². The predicted molar refractivity (Wildman–Crippen MR) is 61.2 cm³/mol. The molecule has 0 fully saturated rings. The lowest BCUT2D eigenvalue weighted by atomic mass is 10.2. The highest BCUT2D eigenvalue weighted by molar-refractivity contribution is 7.80. The van der Waals surface area contributed by atoms with E-state index in [4.69, 9.17) is 18.0 Å². The molecule has 4 nitrogen and oxygen atoms in total. The molecule has 0 amide bonds. The average Bonchev–Trinajstić information content (AvgIpc) is 2.15. The maximum absolute atomic E-state index is 5.44. The van der Waals surface area contributed by atoms with Gasteiger partial charge in [0.1, 0.15) is 16.5 Å². The van der Waals surface area contributed by atoms with Crippen molar-refractivity contribution in [1.82, 2.24) is 9.97 Å². The summed E-state index contributed by atoms with van der Waals surface area (Å²) >= 11 is 4.80. The summed E-state index contributed by atoms with van der Waals surface area (Å²) in [6.07, 6.45) is 3.22. The van der Waals surface area contributed by atoms with Crippen molar-refractivity contribution in [2.75, 3.05) is 11.9 Å². The second-order valence-electron chi connectivity index (χ2n) is 3.43. The van der Waals surface area contributed by atoms with Crippen molar-refractivity contribution in [1.29, 1.82) is 0 Å². The summed E-state index contributed by atoms with van der Waals surface area (Å²) in [4.78, 5) is 8.46. The zero-order chi connectivity index (χ0) is 10.6. The summed E-state index contributed by atoms with van der Waals surface area (Å²) in [5.41, 5.74) is 5.99. The SMILES string of the molecule is CC(C)CNc1cncc(C(N)=S)n1. The van der Waals surface area contributed by atoms with E-state index in [9.17, 15) is 0 Å². The summed E-state index contributed by atoms with van der Waals surface area (Å²) < 4.78 is 0. The van der Waals surface area contributed by atoms with Gasteiger partial charge in [-0.25, -0.2) is 4.98 Å². The summed E-state index contributed by atoms with van der Waals surface area (Å²) in [5, 5.41) is 3.15. The highest BCUT2D eigenvalue weighted by Crippen LogP contribution is 2.03. The molecule has 1 aromatic rings. The van der Waals surface area contributed by atoms with Crippen LogP contribution < -0.4 is 11.1 Å². The number of rotatable bonds is 4. The van der Waals surface area contributed by atoms with Crippen molar-refractivity contribution < 1.29 is 0 Å². The normalized spacial score (nSPS) is 10.2. The molecular formula is C9H14N4S. The number of nitrogens with two attached hydrogens (primary N) is 1. The maximum atomic E-state index is 5.44. The van der Waals surface area contributed by atoms with Crippen LogP contribution in [0.1, 0.15) is 19.5 Å². The summed E-state index contributed by atoms with van der Waals surface area (Å²) in [6.45, 7) is 5.10. The van der Waals surface area contributed by atoms with E-state index in [2.05, 4.69) is 29.1 Å². The third kappa shape index (κ3) is 3.26. The van der Waals surface area contributed by atoms with Crippen molar-refractivity contribution in [2.24, 2.45) is 11.7 Å². The molecule has 0 saturated carbocycles. The van der Waals surface area contributed by atoms with Gasteiger partial charge in [-0.1, -0.05) is 26.1 Å². The van der Waals surface area contributed by atoms with Gasteiger partial charge in [0.15, 0.2) is 0 Å². The minimum Gasteiger partial charge on any atom is -0.388 e. The topological polar surface area (TPSA) is 63.8 Å². The third-order valence-electron chi connectivity index (χ3n) is 1.58. The first-order chi connectivity index (χ1) is 6.59. The fourth-order valence-electron chi connectivity index (χ4n) is 0.879. The van der Waals surface area contributed by atoms with E-state index >= 15 is 0 Å². The van der Waals surface area contributed by atoms with Gasteiger partial charge in [-0.05, 0) is 5.92 Å². The molecule has 0 radical (unpaired) electrons. The Morgan fingerprint density at radius 3 is 2.86 bits per heavy atom. The van der Waals surface area contributed by atoms with Gasteiger partial charge in [0.05, 0.1) is 12.4 Å². The van der Waals surface area contributed by atoms with Gasteiger partial charge < -0.3 is 11.1 Å². The molecule has 0 aliphatic rings. The third-order valence-corrected chi connectivity index (χ3v) is 1.79. The first-order valence-electron chi connectivity index (χ1n) is 4.45. The molecule has 3 N–H and O–H groups in total. The monoisotopic (exact) mass is 210 g/mol. The summed E-state index contributed by atoms with van der Waals surface area (Å²) in [7, 11) is 0. The van der Waals surface area contributed by atoms with E-state index < -0.39 is 0 Å². The van der Waals surface area contributed by atoms with Crippen LogP contribution in [-0.4, -0.2) is 21.5 Å². The molecule has 1 aromatic heterocycles. The van der Waals surface area contributed by atoms with Crippen LogP contribution >= 0.6 is 12.2 Å². The minimum atomic E-state index is 0.269. The highest BCUT2D eigenvalue weighted by atomic mass is 32.1. The van der Waals surface area contributed by atoms with Crippen molar-refractivity contribution >= 4 is 23.0 Å². The Kier molecular flexibility index (Phi) is 3.76. The molecule has 0 saturated heterocycles. The van der Waals surface area contributed by atoms with Gasteiger partial charge in [-0.15, -0.1) is 0 Å². The Hall–Kier alpha value is -1.23. The quantitative estimate of drug-likeness (QED) is 0.731. The zero-order valence-electron chi connectivity index (χ0n) is 8.32. The Labute approximate surface area is 88.9 Å². The van der Waals surface area contributed by atoms with Crippen LogP contribution in [0.5, 0.6) is 0 Å². The Morgan fingerprint density at radius 2 is 2.29 bits per heavy atom. The molecule has 0 spiro atoms. The van der Waals surface area contributed by atoms with Crippen LogP contribution in [0.4, 0.5) is 5.82 Å². The molecule has 14 heavy (non-hydrogen) atoms. The molecule has 5 heteroatoms. The Bertz CT molecular complexity index is 324. The van der Waals surface area contributed by atoms with E-state index in [1.54, 1.807) is 12.4 Å². The molecule has 0 aliphatic carbocycles. The number of nitrogens with zero attached hydrogens (tertiary/aromatic N) is 2. The highest BCUT2D eigenvalue weighted by Gasteiger charge is 2.01. The van der Waals surface area contributed by atoms with Gasteiger partial charge in [0.25, 0.3) is 0 Å². The van der Waals surface area contributed by atoms with Gasteiger partial charge in [-0.3, -0.25) is 4.98 Å². The first kappa shape index (κ1) is 10.8. The lowest BCUT2D eigenvalue weighted by Crippen LogP contribution is -2.15. The summed E-state index contributed by atoms with van der Waals surface area (Å²) in [6, 6.07) is 0. The van der Waals surface area contributed by atoms with E-state index in [0.717, 1.165) is 6.54 Å². The lowest BCUT2D eigenvalue weighted by Gasteiger charge is -2.08. The van der Waals surface area contributed by atoms with Crippen LogP contribution in [0.2, 0.25) is 0 Å². The first-order valence-corrected chi connectivity index (χ1v) is 4.86. The van der Waals surface area contributed by atoms with Crippen LogP contribution in [0.25, 0.3) is 0 Å². The number of nitrogens with one attached hydrogen (secondary N) is 1. The molecule has 0 atom stereocenters. The average molecular weight is 210 g/mol. The standard InChI is InChI=1S/C9H14N4S/c1-6(2)3-12-8-5-11-4-7(13-8)9(10)14/h4-6H,3H2,1-2H3,(H2,10,14)(H,12,13). The number of anilines is 1. The molecule has 76 valence electrons. The van der Waals surface area contributed by atoms with Crippen molar-refractivity contribution in [3.63, 3.8) is 0 Å². The van der Waals surface area contributed by atoms with E-state index in [-0.39, 0.29) is 4.99 Å². The van der Waals surface area contributed by atoms with E-state index in [1.807, 2.05) is 0 Å². The lowest BCUT2D eigenvalue weighted by molar-refractivity contribution is 0.686. The molecule has 0 aromatic carbocycles. The van der Waals surface area contributed by atoms with Crippen LogP contribution in [-0.2, 0) is 0 Å². The van der Waals surface area contributed by atoms with Gasteiger partial charge in [0.2, 0.25) is 0 Å². The van der Waals surface area contributed by atoms with Crippen molar-refractivity contribution in [3.8, 4) is 0 Å². The second-order valence-corrected chi connectivity index (χ2v) is 3.87. The second kappa shape index (κ2) is 4.85. The Morgan fingerprint density at radius 1 is 1.57 bits per heavy atom. The number of aromatic nitrogens is 2. The van der Waals surface area contributed by atoms with Crippen LogP contribution in [0, 0.1) is 5.92 Å². The van der Waals surface area contributed by atoms with Gasteiger partial charge >= 0.3 is 0 Å². The largest absolute Gasteiger partial charge is 0.388 e. The predicted octanol–water partition coefficient (Wildman–Crippen LogP) is 1.18. The molecule has 1 heterocycles. The fourth-order valence-corrected chi connectivity index (χ4v) is 0.977. The molecule has 1 rings (SSSR count). The van der Waals surface area contributed by atoms with E-state index in [0.29, 0.717) is 17.4 Å². The van der Waals surface area contributed by atoms with Crippen molar-refractivity contribution in [2.45, 2.75) is 13.8 Å². The molecule has 0 bridgehead atoms. The van der Waals surface area contributed by atoms with Gasteiger partial charge in [-0.2, -0.15) is 0 Å².